The van der Waals surface area contributed by atoms with Crippen molar-refractivity contribution in [3.63, 3.8) is 0 Å². The Morgan fingerprint density at radius 2 is 1.61 bits per heavy atom. The molecule has 0 unspecified atom stereocenters. The van der Waals surface area contributed by atoms with Gasteiger partial charge in [0.1, 0.15) is 12.7 Å². The van der Waals surface area contributed by atoms with Crippen LogP contribution in [-0.4, -0.2) is 36.7 Å². The van der Waals surface area contributed by atoms with Gasteiger partial charge in [-0.05, 0) is 29.8 Å². The van der Waals surface area contributed by atoms with Gasteiger partial charge in [-0.25, -0.2) is 0 Å². The number of benzene rings is 2. The Morgan fingerprint density at radius 1 is 0.857 bits per heavy atom. The lowest BCUT2D eigenvalue weighted by Crippen LogP contribution is -2.42. The van der Waals surface area contributed by atoms with Crippen LogP contribution >= 0.6 is 0 Å². The van der Waals surface area contributed by atoms with Crippen LogP contribution in [0.3, 0.4) is 0 Å². The molecule has 1 atom stereocenters. The fraction of sp³-hybridized carbons (Fsp3) is 0.136. The zero-order chi connectivity index (χ0) is 18.9. The van der Waals surface area contributed by atoms with Crippen molar-refractivity contribution in [3.05, 3.63) is 102 Å². The maximum Gasteiger partial charge on any atom is 0.256 e. The van der Waals surface area contributed by atoms with E-state index in [0.29, 0.717) is 12.1 Å². The molecule has 2 aromatic heterocycles. The topological polar surface area (TPSA) is 56.0 Å². The van der Waals surface area contributed by atoms with Crippen LogP contribution in [0.5, 0.6) is 0 Å². The molecule has 0 bridgehead atoms. The summed E-state index contributed by atoms with van der Waals surface area (Å²) in [4.78, 5) is 15.7. The monoisotopic (exact) mass is 369 g/mol. The van der Waals surface area contributed by atoms with Crippen molar-refractivity contribution in [1.29, 1.82) is 0 Å². The summed E-state index contributed by atoms with van der Waals surface area (Å²) in [5.74, 6) is 0.00519. The summed E-state index contributed by atoms with van der Waals surface area (Å²) in [6, 6.07) is 21.8. The van der Waals surface area contributed by atoms with Gasteiger partial charge in [0.2, 0.25) is 0 Å². The average molecular weight is 369 g/mol. The number of aromatic nitrogens is 4. The summed E-state index contributed by atoms with van der Waals surface area (Å²) < 4.78 is 4.00. The van der Waals surface area contributed by atoms with Crippen molar-refractivity contribution in [2.24, 2.45) is 0 Å². The smallest absolute Gasteiger partial charge is 0.256 e. The molecule has 5 rings (SSSR count). The van der Waals surface area contributed by atoms with Crippen LogP contribution in [0.15, 0.2) is 85.6 Å². The molecule has 0 spiro atoms. The van der Waals surface area contributed by atoms with E-state index in [1.54, 1.807) is 17.2 Å². The number of carbonyl (C=O) groups excluding carboxylic acids is 1. The lowest BCUT2D eigenvalue weighted by atomic mass is 9.98. The van der Waals surface area contributed by atoms with E-state index in [0.717, 1.165) is 23.5 Å². The predicted molar refractivity (Wildman–Crippen MR) is 105 cm³/mol. The van der Waals surface area contributed by atoms with E-state index in [-0.39, 0.29) is 11.9 Å². The van der Waals surface area contributed by atoms with Gasteiger partial charge in [0.05, 0.1) is 17.3 Å². The summed E-state index contributed by atoms with van der Waals surface area (Å²) in [5.41, 5.74) is 3.67. The fourth-order valence-electron chi connectivity index (χ4n) is 3.95. The Kier molecular flexibility index (Phi) is 4.01. The highest BCUT2D eigenvalue weighted by molar-refractivity contribution is 5.98. The van der Waals surface area contributed by atoms with Gasteiger partial charge in [0.15, 0.2) is 0 Å². The fourth-order valence-corrected chi connectivity index (χ4v) is 3.95. The zero-order valence-corrected chi connectivity index (χ0v) is 15.2. The first-order valence-corrected chi connectivity index (χ1v) is 9.28. The maximum atomic E-state index is 13.7. The molecule has 28 heavy (non-hydrogen) atoms. The molecule has 0 aliphatic carbocycles. The predicted octanol–water partition coefficient (Wildman–Crippen LogP) is 3.31. The van der Waals surface area contributed by atoms with Gasteiger partial charge in [-0.1, -0.05) is 42.5 Å². The van der Waals surface area contributed by atoms with Gasteiger partial charge < -0.3 is 9.47 Å². The molecular weight excluding hydrogens is 350 g/mol. The number of hydrogen-bond donors (Lipinski definition) is 0. The van der Waals surface area contributed by atoms with Crippen LogP contribution in [0.2, 0.25) is 0 Å². The van der Waals surface area contributed by atoms with E-state index in [9.17, 15) is 4.79 Å². The molecule has 1 aliphatic heterocycles. The van der Waals surface area contributed by atoms with E-state index in [1.165, 1.54) is 0 Å². The lowest BCUT2D eigenvalue weighted by molar-refractivity contribution is 0.0664. The minimum absolute atomic E-state index is 0.00519. The summed E-state index contributed by atoms with van der Waals surface area (Å²) >= 11 is 0. The number of fused-ring (bicyclic) bond motifs is 1. The molecule has 2 aromatic carbocycles. The Bertz CT molecular complexity index is 1100. The van der Waals surface area contributed by atoms with E-state index in [1.807, 2.05) is 53.4 Å². The Labute approximate surface area is 162 Å². The lowest BCUT2D eigenvalue weighted by Gasteiger charge is -2.37. The van der Waals surface area contributed by atoms with Crippen LogP contribution in [0.25, 0.3) is 5.69 Å². The van der Waals surface area contributed by atoms with Crippen LogP contribution < -0.4 is 0 Å². The molecule has 138 valence electrons. The van der Waals surface area contributed by atoms with Crippen molar-refractivity contribution < 1.29 is 4.79 Å². The van der Waals surface area contributed by atoms with Gasteiger partial charge in [-0.2, -0.15) is 0 Å². The molecule has 1 amide bonds. The summed E-state index contributed by atoms with van der Waals surface area (Å²) in [6.07, 6.45) is 5.31. The van der Waals surface area contributed by atoms with Crippen LogP contribution in [0.1, 0.15) is 27.7 Å². The third-order valence-corrected chi connectivity index (χ3v) is 5.25. The minimum Gasteiger partial charge on any atom is -0.348 e. The number of hydrogen-bond acceptors (Lipinski definition) is 3. The van der Waals surface area contributed by atoms with Crippen LogP contribution in [-0.2, 0) is 6.54 Å². The van der Waals surface area contributed by atoms with Gasteiger partial charge >= 0.3 is 0 Å². The summed E-state index contributed by atoms with van der Waals surface area (Å²) in [6.45, 7) is 1.43. The molecule has 3 heterocycles. The number of rotatable bonds is 3. The third-order valence-electron chi connectivity index (χ3n) is 5.25. The summed E-state index contributed by atoms with van der Waals surface area (Å²) in [7, 11) is 0. The molecule has 0 saturated heterocycles. The number of amides is 1. The highest BCUT2D eigenvalue weighted by Crippen LogP contribution is 2.34. The standard InChI is InChI=1S/C22H19N5O/c28-22(18-9-4-5-10-19(18)26-15-23-24-16-26)27-14-13-25-12-6-11-20(25)21(27)17-7-2-1-3-8-17/h1-12,15-16,21H,13-14H2/t21-/m1/s1. The first kappa shape index (κ1) is 16.5. The first-order valence-electron chi connectivity index (χ1n) is 9.28. The molecule has 6 heteroatoms. The molecule has 4 aromatic rings. The van der Waals surface area contributed by atoms with Crippen LogP contribution in [0, 0.1) is 0 Å². The van der Waals surface area contributed by atoms with Gasteiger partial charge in [0, 0.05) is 25.0 Å². The van der Waals surface area contributed by atoms with Gasteiger partial charge in [-0.3, -0.25) is 9.36 Å². The number of para-hydroxylation sites is 1. The van der Waals surface area contributed by atoms with E-state index >= 15 is 0 Å². The Morgan fingerprint density at radius 3 is 2.43 bits per heavy atom. The van der Waals surface area contributed by atoms with E-state index in [4.69, 9.17) is 0 Å². The largest absolute Gasteiger partial charge is 0.348 e. The van der Waals surface area contributed by atoms with Crippen molar-refractivity contribution in [1.82, 2.24) is 24.2 Å². The molecule has 6 nitrogen and oxygen atoms in total. The van der Waals surface area contributed by atoms with Gasteiger partial charge in [0.25, 0.3) is 5.91 Å². The number of nitrogens with zero attached hydrogens (tertiary/aromatic N) is 5. The molecule has 0 radical (unpaired) electrons. The average Bonchev–Trinajstić information content (AvgIpc) is 3.45. The zero-order valence-electron chi connectivity index (χ0n) is 15.2. The molecule has 1 aliphatic rings. The van der Waals surface area contributed by atoms with Crippen molar-refractivity contribution in [3.8, 4) is 5.69 Å². The second kappa shape index (κ2) is 6.81. The molecular formula is C22H19N5O. The highest BCUT2D eigenvalue weighted by Gasteiger charge is 2.33. The second-order valence-corrected chi connectivity index (χ2v) is 6.82. The Balaban J connectivity index is 1.60. The SMILES string of the molecule is O=C(c1ccccc1-n1cnnc1)N1CCn2cccc2[C@H]1c1ccccc1. The van der Waals surface area contributed by atoms with E-state index < -0.39 is 0 Å². The summed E-state index contributed by atoms with van der Waals surface area (Å²) in [5, 5.41) is 7.76. The maximum absolute atomic E-state index is 13.7. The Hall–Kier alpha value is -3.67. The minimum atomic E-state index is -0.119. The molecule has 0 saturated carbocycles. The van der Waals surface area contributed by atoms with Crippen molar-refractivity contribution in [2.75, 3.05) is 6.54 Å². The van der Waals surface area contributed by atoms with Gasteiger partial charge in [-0.15, -0.1) is 10.2 Å². The number of carbonyl (C=O) groups is 1. The van der Waals surface area contributed by atoms with Crippen molar-refractivity contribution >= 4 is 5.91 Å². The quantitative estimate of drug-likeness (QED) is 0.557. The van der Waals surface area contributed by atoms with Crippen LogP contribution in [0.4, 0.5) is 0 Å². The third kappa shape index (κ3) is 2.70. The van der Waals surface area contributed by atoms with E-state index in [2.05, 4.69) is 39.2 Å². The molecule has 0 N–H and O–H groups in total. The normalized spacial score (nSPS) is 16.0. The first-order chi connectivity index (χ1) is 13.8. The second-order valence-electron chi connectivity index (χ2n) is 6.82. The van der Waals surface area contributed by atoms with Crippen molar-refractivity contribution in [2.45, 2.75) is 12.6 Å². The highest BCUT2D eigenvalue weighted by atomic mass is 16.2. The molecule has 0 fully saturated rings.